The molecule has 0 amide bonds. The monoisotopic (exact) mass is 201 g/mol. The van der Waals surface area contributed by atoms with Crippen LogP contribution in [0, 0.1) is 0 Å². The van der Waals surface area contributed by atoms with Gasteiger partial charge >= 0.3 is 0 Å². The van der Waals surface area contributed by atoms with Crippen LogP contribution in [0.2, 0.25) is 0 Å². The van der Waals surface area contributed by atoms with E-state index < -0.39 is 0 Å². The minimum atomic E-state index is 0.866. The van der Waals surface area contributed by atoms with Crippen LogP contribution in [0.1, 0.15) is 0 Å². The Morgan fingerprint density at radius 1 is 1.27 bits per heavy atom. The molecular weight excluding hydrogens is 190 g/mol. The number of aromatic nitrogens is 4. The van der Waals surface area contributed by atoms with Crippen molar-refractivity contribution in [2.75, 3.05) is 19.0 Å². The number of fused-ring (bicyclic) bond motifs is 3. The number of imidazole rings is 1. The number of nitrogens with one attached hydrogen (secondary N) is 1. The van der Waals surface area contributed by atoms with Gasteiger partial charge in [-0.3, -0.25) is 4.40 Å². The third-order valence-electron chi connectivity index (χ3n) is 2.48. The number of H-pyrrole nitrogens is 1. The van der Waals surface area contributed by atoms with E-state index in [4.69, 9.17) is 0 Å². The molecule has 0 bridgehead atoms. The molecule has 0 aliphatic heterocycles. The Kier molecular flexibility index (Phi) is 1.50. The maximum Gasteiger partial charge on any atom is 0.157 e. The van der Waals surface area contributed by atoms with Gasteiger partial charge in [-0.1, -0.05) is 0 Å². The molecule has 0 fully saturated rings. The van der Waals surface area contributed by atoms with Crippen LogP contribution < -0.4 is 4.90 Å². The van der Waals surface area contributed by atoms with E-state index in [9.17, 15) is 0 Å². The van der Waals surface area contributed by atoms with E-state index in [1.54, 1.807) is 6.20 Å². The largest absolute Gasteiger partial charge is 0.363 e. The Labute approximate surface area is 86.4 Å². The zero-order chi connectivity index (χ0) is 10.4. The first kappa shape index (κ1) is 8.28. The third kappa shape index (κ3) is 1.03. The van der Waals surface area contributed by atoms with Crippen LogP contribution in [-0.2, 0) is 0 Å². The molecule has 3 rings (SSSR count). The lowest BCUT2D eigenvalue weighted by Crippen LogP contribution is -2.11. The molecule has 0 unspecified atom stereocenters. The van der Waals surface area contributed by atoms with Crippen LogP contribution in [0.5, 0.6) is 0 Å². The maximum absolute atomic E-state index is 4.31. The van der Waals surface area contributed by atoms with E-state index in [2.05, 4.69) is 19.4 Å². The van der Waals surface area contributed by atoms with Crippen LogP contribution in [-0.4, -0.2) is 33.4 Å². The summed E-state index contributed by atoms with van der Waals surface area (Å²) >= 11 is 0. The molecule has 3 aromatic heterocycles. The van der Waals surface area contributed by atoms with Crippen LogP contribution in [0.3, 0.4) is 0 Å². The molecule has 0 saturated heterocycles. The average Bonchev–Trinajstić information content (AvgIpc) is 2.82. The number of nitrogens with zero attached hydrogens (tertiary/aromatic N) is 4. The quantitative estimate of drug-likeness (QED) is 0.645. The second kappa shape index (κ2) is 2.73. The summed E-state index contributed by atoms with van der Waals surface area (Å²) in [6.45, 7) is 0. The molecule has 76 valence electrons. The van der Waals surface area contributed by atoms with Crippen LogP contribution in [0.15, 0.2) is 24.7 Å². The van der Waals surface area contributed by atoms with E-state index in [0.29, 0.717) is 0 Å². The van der Waals surface area contributed by atoms with Gasteiger partial charge in [0.15, 0.2) is 11.3 Å². The molecule has 5 nitrogen and oxygen atoms in total. The minimum absolute atomic E-state index is 0.866. The van der Waals surface area contributed by atoms with Crippen molar-refractivity contribution in [3.63, 3.8) is 0 Å². The summed E-state index contributed by atoms with van der Waals surface area (Å²) in [5.74, 6) is 1.05. The van der Waals surface area contributed by atoms with E-state index in [0.717, 1.165) is 22.6 Å². The fourth-order valence-corrected chi connectivity index (χ4v) is 1.77. The van der Waals surface area contributed by atoms with Crippen molar-refractivity contribution in [3.8, 4) is 0 Å². The summed E-state index contributed by atoms with van der Waals surface area (Å²) in [5.41, 5.74) is 2.79. The molecule has 3 aromatic rings. The normalized spacial score (nSPS) is 11.3. The SMILES string of the molecule is CN(C)c1cnc2cnc3[nH]ccc3n12. The van der Waals surface area contributed by atoms with Crippen molar-refractivity contribution in [2.45, 2.75) is 0 Å². The Morgan fingerprint density at radius 3 is 2.93 bits per heavy atom. The van der Waals surface area contributed by atoms with Gasteiger partial charge in [0, 0.05) is 20.3 Å². The zero-order valence-electron chi connectivity index (χ0n) is 8.60. The highest BCUT2D eigenvalue weighted by Gasteiger charge is 2.09. The summed E-state index contributed by atoms with van der Waals surface area (Å²) < 4.78 is 2.08. The molecule has 1 N–H and O–H groups in total. The van der Waals surface area contributed by atoms with Gasteiger partial charge in [0.2, 0.25) is 0 Å². The van der Waals surface area contributed by atoms with Gasteiger partial charge in [0.1, 0.15) is 5.82 Å². The number of anilines is 1. The highest BCUT2D eigenvalue weighted by Crippen LogP contribution is 2.19. The number of aromatic amines is 1. The van der Waals surface area contributed by atoms with Crippen LogP contribution in [0.25, 0.3) is 16.8 Å². The first-order chi connectivity index (χ1) is 7.27. The minimum Gasteiger partial charge on any atom is -0.363 e. The summed E-state index contributed by atoms with van der Waals surface area (Å²) in [6, 6.07) is 2.00. The Morgan fingerprint density at radius 2 is 2.13 bits per heavy atom. The van der Waals surface area contributed by atoms with Crippen molar-refractivity contribution >= 4 is 22.6 Å². The average molecular weight is 201 g/mol. The second-order valence-electron chi connectivity index (χ2n) is 3.67. The maximum atomic E-state index is 4.31. The first-order valence-electron chi connectivity index (χ1n) is 4.74. The molecule has 0 saturated carbocycles. The van der Waals surface area contributed by atoms with E-state index >= 15 is 0 Å². The van der Waals surface area contributed by atoms with E-state index in [1.807, 2.05) is 37.5 Å². The van der Waals surface area contributed by atoms with Gasteiger partial charge in [-0.25, -0.2) is 9.97 Å². The summed E-state index contributed by atoms with van der Waals surface area (Å²) in [7, 11) is 4.00. The van der Waals surface area contributed by atoms with Gasteiger partial charge < -0.3 is 9.88 Å². The smallest absolute Gasteiger partial charge is 0.157 e. The van der Waals surface area contributed by atoms with Crippen molar-refractivity contribution in [2.24, 2.45) is 0 Å². The fourth-order valence-electron chi connectivity index (χ4n) is 1.77. The van der Waals surface area contributed by atoms with Gasteiger partial charge in [-0.05, 0) is 6.07 Å². The second-order valence-corrected chi connectivity index (χ2v) is 3.67. The van der Waals surface area contributed by atoms with Gasteiger partial charge in [0.05, 0.1) is 17.9 Å². The van der Waals surface area contributed by atoms with Crippen molar-refractivity contribution in [3.05, 3.63) is 24.7 Å². The summed E-state index contributed by atoms with van der Waals surface area (Å²) in [6.07, 6.45) is 5.51. The zero-order valence-corrected chi connectivity index (χ0v) is 8.60. The molecule has 5 heteroatoms. The number of hydrogen-bond donors (Lipinski definition) is 1. The number of hydrogen-bond acceptors (Lipinski definition) is 3. The first-order valence-corrected chi connectivity index (χ1v) is 4.74. The van der Waals surface area contributed by atoms with E-state index in [-0.39, 0.29) is 0 Å². The highest BCUT2D eigenvalue weighted by atomic mass is 15.2. The lowest BCUT2D eigenvalue weighted by atomic mass is 10.5. The molecule has 0 spiro atoms. The molecule has 15 heavy (non-hydrogen) atoms. The number of rotatable bonds is 1. The lowest BCUT2D eigenvalue weighted by molar-refractivity contribution is 1.05. The van der Waals surface area contributed by atoms with Crippen molar-refractivity contribution in [1.82, 2.24) is 19.4 Å². The molecular formula is C10H11N5. The third-order valence-corrected chi connectivity index (χ3v) is 2.48. The Balaban J connectivity index is 2.52. The van der Waals surface area contributed by atoms with Gasteiger partial charge in [-0.2, -0.15) is 0 Å². The molecule has 3 heterocycles. The van der Waals surface area contributed by atoms with Crippen molar-refractivity contribution in [1.29, 1.82) is 0 Å². The van der Waals surface area contributed by atoms with Crippen LogP contribution >= 0.6 is 0 Å². The molecule has 0 aliphatic rings. The summed E-state index contributed by atoms with van der Waals surface area (Å²) in [4.78, 5) is 13.7. The standard InChI is InChI=1S/C10H11N5/c1-14(2)9-6-12-8-5-13-10-7(15(8)9)3-4-11-10/h3-6,11H,1-2H3. The Hall–Kier alpha value is -2.04. The van der Waals surface area contributed by atoms with Gasteiger partial charge in [-0.15, -0.1) is 0 Å². The predicted octanol–water partition coefficient (Wildman–Crippen LogP) is 1.28. The fraction of sp³-hybridized carbons (Fsp3) is 0.200. The molecule has 0 aliphatic carbocycles. The van der Waals surface area contributed by atoms with Crippen molar-refractivity contribution < 1.29 is 0 Å². The van der Waals surface area contributed by atoms with Gasteiger partial charge in [0.25, 0.3) is 0 Å². The molecule has 0 atom stereocenters. The Bertz CT molecular complexity index is 619. The topological polar surface area (TPSA) is 49.2 Å². The summed E-state index contributed by atoms with van der Waals surface area (Å²) in [5, 5.41) is 0. The molecule has 0 aromatic carbocycles. The predicted molar refractivity (Wildman–Crippen MR) is 59.2 cm³/mol. The van der Waals surface area contributed by atoms with E-state index in [1.165, 1.54) is 0 Å². The molecule has 0 radical (unpaired) electrons. The highest BCUT2D eigenvalue weighted by molar-refractivity contribution is 5.76. The lowest BCUT2D eigenvalue weighted by Gasteiger charge is -2.11. The van der Waals surface area contributed by atoms with Crippen LogP contribution in [0.4, 0.5) is 5.82 Å².